The van der Waals surface area contributed by atoms with Crippen LogP contribution in [0.15, 0.2) is 42.6 Å². The summed E-state index contributed by atoms with van der Waals surface area (Å²) in [5.41, 5.74) is 11.4. The second-order valence-corrected chi connectivity index (χ2v) is 9.25. The van der Waals surface area contributed by atoms with E-state index in [2.05, 4.69) is 76.9 Å². The van der Waals surface area contributed by atoms with Crippen molar-refractivity contribution in [2.45, 2.75) is 72.1 Å². The Morgan fingerprint density at radius 1 is 0.724 bits per heavy atom. The van der Waals surface area contributed by atoms with Gasteiger partial charge in [0.15, 0.2) is 0 Å². The number of fused-ring (bicyclic) bond motifs is 3. The first-order valence-electron chi connectivity index (χ1n) is 11.0. The normalized spacial score (nSPS) is 13.1. The van der Waals surface area contributed by atoms with Gasteiger partial charge in [-0.2, -0.15) is 0 Å². The van der Waals surface area contributed by atoms with Crippen molar-refractivity contribution in [1.29, 1.82) is 0 Å². The highest BCUT2D eigenvalue weighted by molar-refractivity contribution is 5.75. The van der Waals surface area contributed by atoms with E-state index in [1.807, 2.05) is 12.3 Å². The molecule has 150 valence electrons. The van der Waals surface area contributed by atoms with Crippen molar-refractivity contribution in [3.63, 3.8) is 0 Å². The van der Waals surface area contributed by atoms with Gasteiger partial charge in [-0.3, -0.25) is 4.98 Å². The van der Waals surface area contributed by atoms with E-state index in [4.69, 9.17) is 4.98 Å². The van der Waals surface area contributed by atoms with E-state index in [1.54, 1.807) is 0 Å². The minimum atomic E-state index is 0.449. The van der Waals surface area contributed by atoms with Crippen molar-refractivity contribution in [1.82, 2.24) is 9.97 Å². The lowest BCUT2D eigenvalue weighted by molar-refractivity contribution is 0.806. The van der Waals surface area contributed by atoms with Gasteiger partial charge in [-0.05, 0) is 70.5 Å². The molecule has 1 aliphatic carbocycles. The lowest BCUT2D eigenvalue weighted by Crippen LogP contribution is -2.09. The lowest BCUT2D eigenvalue weighted by atomic mass is 9.82. The summed E-state index contributed by atoms with van der Waals surface area (Å²) < 4.78 is 0. The fourth-order valence-corrected chi connectivity index (χ4v) is 4.41. The molecule has 0 bridgehead atoms. The van der Waals surface area contributed by atoms with Crippen molar-refractivity contribution in [2.24, 2.45) is 0 Å². The number of aryl methyl sites for hydroxylation is 2. The van der Waals surface area contributed by atoms with Crippen molar-refractivity contribution in [3.8, 4) is 22.6 Å². The van der Waals surface area contributed by atoms with Gasteiger partial charge in [-0.15, -0.1) is 0 Å². The zero-order valence-electron chi connectivity index (χ0n) is 18.6. The SMILES string of the molecule is CC(C)c1cc(C(C)C)c(-c2ccc3c(n2)-c2ncccc2CC3)c(C(C)C)c1. The highest BCUT2D eigenvalue weighted by atomic mass is 14.8. The molecule has 1 aromatic carbocycles. The van der Waals surface area contributed by atoms with Crippen LogP contribution < -0.4 is 0 Å². The maximum atomic E-state index is 5.22. The van der Waals surface area contributed by atoms with Crippen molar-refractivity contribution >= 4 is 0 Å². The summed E-state index contributed by atoms with van der Waals surface area (Å²) >= 11 is 0. The van der Waals surface area contributed by atoms with Crippen molar-refractivity contribution in [3.05, 3.63) is 70.4 Å². The second kappa shape index (κ2) is 7.74. The Morgan fingerprint density at radius 2 is 1.34 bits per heavy atom. The molecule has 0 unspecified atom stereocenters. The van der Waals surface area contributed by atoms with Gasteiger partial charge in [0.05, 0.1) is 17.1 Å². The molecule has 2 heteroatoms. The van der Waals surface area contributed by atoms with Crippen LogP contribution in [0.3, 0.4) is 0 Å². The summed E-state index contributed by atoms with van der Waals surface area (Å²) in [5, 5.41) is 0. The molecular weight excluding hydrogens is 352 g/mol. The van der Waals surface area contributed by atoms with Crippen LogP contribution in [0.5, 0.6) is 0 Å². The molecule has 3 aromatic rings. The number of rotatable bonds is 4. The highest BCUT2D eigenvalue weighted by Gasteiger charge is 2.23. The topological polar surface area (TPSA) is 25.8 Å². The minimum absolute atomic E-state index is 0.449. The Hall–Kier alpha value is -2.48. The molecule has 1 aliphatic rings. The largest absolute Gasteiger partial charge is 0.254 e. The minimum Gasteiger partial charge on any atom is -0.254 e. The number of hydrogen-bond donors (Lipinski definition) is 0. The van der Waals surface area contributed by atoms with Crippen LogP contribution in [0.25, 0.3) is 22.6 Å². The average Bonchev–Trinajstić information content (AvgIpc) is 2.72. The zero-order chi connectivity index (χ0) is 20.7. The molecule has 0 amide bonds. The molecule has 0 fully saturated rings. The van der Waals surface area contributed by atoms with E-state index < -0.39 is 0 Å². The van der Waals surface area contributed by atoms with E-state index in [1.165, 1.54) is 33.4 Å². The maximum absolute atomic E-state index is 5.22. The standard InChI is InChI=1S/C27H32N2/c1-16(2)21-14-22(17(3)4)25(23(15-21)18(5)6)24-12-11-20-10-9-19-8-7-13-28-26(19)27(20)29-24/h7-8,11-18H,9-10H2,1-6H3. The summed E-state index contributed by atoms with van der Waals surface area (Å²) in [4.78, 5) is 9.91. The van der Waals surface area contributed by atoms with Crippen LogP contribution in [0.4, 0.5) is 0 Å². The fourth-order valence-electron chi connectivity index (χ4n) is 4.41. The molecule has 0 saturated heterocycles. The Labute approximate surface area is 175 Å². The summed E-state index contributed by atoms with van der Waals surface area (Å²) in [6.07, 6.45) is 3.98. The zero-order valence-corrected chi connectivity index (χ0v) is 18.6. The predicted octanol–water partition coefficient (Wildman–Crippen LogP) is 7.28. The molecule has 4 rings (SSSR count). The summed E-state index contributed by atoms with van der Waals surface area (Å²) in [7, 11) is 0. The van der Waals surface area contributed by atoms with Gasteiger partial charge in [0.1, 0.15) is 0 Å². The van der Waals surface area contributed by atoms with Gasteiger partial charge in [-0.25, -0.2) is 4.98 Å². The van der Waals surface area contributed by atoms with Gasteiger partial charge in [0, 0.05) is 11.8 Å². The van der Waals surface area contributed by atoms with Gasteiger partial charge >= 0.3 is 0 Å². The average molecular weight is 385 g/mol. The third-order valence-electron chi connectivity index (χ3n) is 6.15. The maximum Gasteiger partial charge on any atom is 0.0928 e. The lowest BCUT2D eigenvalue weighted by Gasteiger charge is -2.24. The third kappa shape index (κ3) is 3.61. The van der Waals surface area contributed by atoms with E-state index >= 15 is 0 Å². The van der Waals surface area contributed by atoms with Crippen LogP contribution in [-0.2, 0) is 12.8 Å². The smallest absolute Gasteiger partial charge is 0.0928 e. The molecule has 0 atom stereocenters. The van der Waals surface area contributed by atoms with E-state index in [-0.39, 0.29) is 0 Å². The second-order valence-electron chi connectivity index (χ2n) is 9.25. The molecule has 0 saturated carbocycles. The molecule has 0 aliphatic heterocycles. The van der Waals surface area contributed by atoms with Gasteiger partial charge in [-0.1, -0.05) is 65.8 Å². The Bertz CT molecular complexity index is 1020. The number of pyridine rings is 2. The number of aromatic nitrogens is 2. The van der Waals surface area contributed by atoms with E-state index in [0.717, 1.165) is 29.9 Å². The molecular formula is C27H32N2. The van der Waals surface area contributed by atoms with Crippen LogP contribution in [-0.4, -0.2) is 9.97 Å². The fraction of sp³-hybridized carbons (Fsp3) is 0.407. The van der Waals surface area contributed by atoms with Crippen molar-refractivity contribution in [2.75, 3.05) is 0 Å². The summed E-state index contributed by atoms with van der Waals surface area (Å²) in [6, 6.07) is 13.5. The molecule has 2 heterocycles. The first-order valence-corrected chi connectivity index (χ1v) is 11.0. The molecule has 29 heavy (non-hydrogen) atoms. The Morgan fingerprint density at radius 3 is 1.93 bits per heavy atom. The van der Waals surface area contributed by atoms with Crippen LogP contribution >= 0.6 is 0 Å². The number of nitrogens with zero attached hydrogens (tertiary/aromatic N) is 2. The first kappa shape index (κ1) is 19.8. The number of benzene rings is 1. The summed E-state index contributed by atoms with van der Waals surface area (Å²) in [6.45, 7) is 13.7. The Balaban J connectivity index is 1.96. The summed E-state index contributed by atoms with van der Waals surface area (Å²) in [5.74, 6) is 1.42. The number of hydrogen-bond acceptors (Lipinski definition) is 2. The van der Waals surface area contributed by atoms with Crippen LogP contribution in [0.2, 0.25) is 0 Å². The van der Waals surface area contributed by atoms with E-state index in [0.29, 0.717) is 17.8 Å². The van der Waals surface area contributed by atoms with E-state index in [9.17, 15) is 0 Å². The van der Waals surface area contributed by atoms with Gasteiger partial charge < -0.3 is 0 Å². The highest BCUT2D eigenvalue weighted by Crippen LogP contribution is 2.40. The Kier molecular flexibility index (Phi) is 5.29. The molecule has 2 nitrogen and oxygen atoms in total. The third-order valence-corrected chi connectivity index (χ3v) is 6.15. The van der Waals surface area contributed by atoms with Crippen LogP contribution in [0.1, 0.15) is 87.1 Å². The van der Waals surface area contributed by atoms with Gasteiger partial charge in [0.2, 0.25) is 0 Å². The van der Waals surface area contributed by atoms with Gasteiger partial charge in [0.25, 0.3) is 0 Å². The molecule has 0 N–H and O–H groups in total. The monoisotopic (exact) mass is 384 g/mol. The molecule has 0 spiro atoms. The first-order chi connectivity index (χ1) is 13.9. The molecule has 2 aromatic heterocycles. The quantitative estimate of drug-likeness (QED) is 0.472. The van der Waals surface area contributed by atoms with Crippen LogP contribution in [0, 0.1) is 0 Å². The van der Waals surface area contributed by atoms with Crippen molar-refractivity contribution < 1.29 is 0 Å². The molecule has 0 radical (unpaired) electrons. The predicted molar refractivity (Wildman–Crippen MR) is 123 cm³/mol.